The van der Waals surface area contributed by atoms with E-state index in [0.717, 1.165) is 48.2 Å². The van der Waals surface area contributed by atoms with E-state index in [1.54, 1.807) is 0 Å². The summed E-state index contributed by atoms with van der Waals surface area (Å²) < 4.78 is 0. The highest BCUT2D eigenvalue weighted by Crippen LogP contribution is 2.28. The summed E-state index contributed by atoms with van der Waals surface area (Å²) in [7, 11) is 0. The van der Waals surface area contributed by atoms with E-state index in [2.05, 4.69) is 33.4 Å². The largest absolute Gasteiger partial charge is 0.338 e. The molecule has 0 spiro atoms. The highest BCUT2D eigenvalue weighted by atomic mass is 16.2. The molecule has 0 aromatic heterocycles. The Morgan fingerprint density at radius 1 is 0.750 bits per heavy atom. The molecule has 2 aromatic carbocycles. The first-order valence-corrected chi connectivity index (χ1v) is 11.5. The van der Waals surface area contributed by atoms with Crippen LogP contribution in [0.15, 0.2) is 36.4 Å². The van der Waals surface area contributed by atoms with Crippen LogP contribution < -0.4 is 21.3 Å². The van der Waals surface area contributed by atoms with Gasteiger partial charge in [0.15, 0.2) is 0 Å². The van der Waals surface area contributed by atoms with Crippen LogP contribution >= 0.6 is 0 Å². The van der Waals surface area contributed by atoms with Crippen molar-refractivity contribution in [1.29, 1.82) is 0 Å². The summed E-state index contributed by atoms with van der Waals surface area (Å²) in [5.41, 5.74) is 6.16. The monoisotopic (exact) mass is 436 g/mol. The molecule has 1 fully saturated rings. The van der Waals surface area contributed by atoms with Gasteiger partial charge in [0, 0.05) is 24.5 Å². The van der Waals surface area contributed by atoms with Gasteiger partial charge in [-0.3, -0.25) is 0 Å². The summed E-state index contributed by atoms with van der Waals surface area (Å²) in [6.45, 7) is 9.38. The van der Waals surface area contributed by atoms with Crippen LogP contribution in [0.3, 0.4) is 0 Å². The van der Waals surface area contributed by atoms with Crippen LogP contribution in [0.2, 0.25) is 0 Å². The SMILES string of the molecule is Cc1ccc(NC(=O)NC[C@@H]2CCC[C@@H](CNC(=O)Nc3ccc(C)cc3C)C2)c(C)c1. The Morgan fingerprint density at radius 2 is 1.19 bits per heavy atom. The molecule has 0 saturated heterocycles. The van der Waals surface area contributed by atoms with Gasteiger partial charge in [0.1, 0.15) is 0 Å². The lowest BCUT2D eigenvalue weighted by Gasteiger charge is -2.29. The number of carbonyl (C=O) groups excluding carboxylic acids is 2. The number of urea groups is 2. The molecule has 1 aliphatic rings. The van der Waals surface area contributed by atoms with Gasteiger partial charge >= 0.3 is 12.1 Å². The van der Waals surface area contributed by atoms with E-state index in [9.17, 15) is 9.59 Å². The molecule has 1 saturated carbocycles. The summed E-state index contributed by atoms with van der Waals surface area (Å²) in [5.74, 6) is 0.866. The van der Waals surface area contributed by atoms with E-state index in [0.29, 0.717) is 24.9 Å². The molecule has 2 atom stereocenters. The zero-order valence-corrected chi connectivity index (χ0v) is 19.7. The van der Waals surface area contributed by atoms with E-state index in [4.69, 9.17) is 0 Å². The highest BCUT2D eigenvalue weighted by Gasteiger charge is 2.23. The molecule has 4 N–H and O–H groups in total. The van der Waals surface area contributed by atoms with Crippen molar-refractivity contribution in [2.75, 3.05) is 23.7 Å². The molecule has 0 heterocycles. The Hall–Kier alpha value is -3.02. The number of amides is 4. The van der Waals surface area contributed by atoms with Crippen molar-refractivity contribution in [3.8, 4) is 0 Å². The molecular weight excluding hydrogens is 400 g/mol. The third-order valence-corrected chi connectivity index (χ3v) is 6.25. The molecule has 3 rings (SSSR count). The summed E-state index contributed by atoms with van der Waals surface area (Å²) in [5, 5.41) is 11.9. The van der Waals surface area contributed by atoms with Crippen LogP contribution in [0.1, 0.15) is 47.9 Å². The average Bonchev–Trinajstić information content (AvgIpc) is 2.75. The molecule has 4 amide bonds. The van der Waals surface area contributed by atoms with E-state index >= 15 is 0 Å². The van der Waals surface area contributed by atoms with Gasteiger partial charge in [-0.2, -0.15) is 0 Å². The van der Waals surface area contributed by atoms with Crippen LogP contribution in [0.25, 0.3) is 0 Å². The normalized spacial score (nSPS) is 18.0. The van der Waals surface area contributed by atoms with Gasteiger partial charge in [0.05, 0.1) is 0 Å². The minimum Gasteiger partial charge on any atom is -0.338 e. The second-order valence-corrected chi connectivity index (χ2v) is 9.21. The number of carbonyl (C=O) groups is 2. The first kappa shape index (κ1) is 23.6. The van der Waals surface area contributed by atoms with Crippen molar-refractivity contribution in [3.05, 3.63) is 58.7 Å². The minimum atomic E-state index is -0.162. The van der Waals surface area contributed by atoms with Gasteiger partial charge in [-0.25, -0.2) is 9.59 Å². The summed E-state index contributed by atoms with van der Waals surface area (Å²) in [6.07, 6.45) is 4.34. The lowest BCUT2D eigenvalue weighted by Crippen LogP contribution is -2.38. The highest BCUT2D eigenvalue weighted by molar-refractivity contribution is 5.90. The zero-order chi connectivity index (χ0) is 23.1. The van der Waals surface area contributed by atoms with Crippen molar-refractivity contribution >= 4 is 23.4 Å². The Bertz CT molecular complexity index is 881. The Morgan fingerprint density at radius 3 is 1.59 bits per heavy atom. The maximum atomic E-state index is 12.3. The van der Waals surface area contributed by atoms with Crippen molar-refractivity contribution in [3.63, 3.8) is 0 Å². The fraction of sp³-hybridized carbons (Fsp3) is 0.462. The van der Waals surface area contributed by atoms with Gasteiger partial charge in [-0.1, -0.05) is 41.8 Å². The number of nitrogens with one attached hydrogen (secondary N) is 4. The Balaban J connectivity index is 1.40. The van der Waals surface area contributed by atoms with Gasteiger partial charge in [-0.05, 0) is 82.1 Å². The fourth-order valence-corrected chi connectivity index (χ4v) is 4.49. The van der Waals surface area contributed by atoms with Crippen molar-refractivity contribution in [2.24, 2.45) is 11.8 Å². The number of rotatable bonds is 6. The molecular formula is C26H36N4O2. The number of anilines is 2. The van der Waals surface area contributed by atoms with Gasteiger partial charge in [-0.15, -0.1) is 0 Å². The van der Waals surface area contributed by atoms with Crippen LogP contribution in [-0.2, 0) is 0 Å². The van der Waals surface area contributed by atoms with Crippen molar-refractivity contribution in [1.82, 2.24) is 10.6 Å². The van der Waals surface area contributed by atoms with E-state index < -0.39 is 0 Å². The summed E-state index contributed by atoms with van der Waals surface area (Å²) >= 11 is 0. The maximum Gasteiger partial charge on any atom is 0.319 e. The summed E-state index contributed by atoms with van der Waals surface area (Å²) in [4.78, 5) is 24.6. The zero-order valence-electron chi connectivity index (χ0n) is 19.7. The second-order valence-electron chi connectivity index (χ2n) is 9.21. The van der Waals surface area contributed by atoms with Crippen LogP contribution in [0.5, 0.6) is 0 Å². The van der Waals surface area contributed by atoms with E-state index in [1.807, 2.05) is 52.0 Å². The van der Waals surface area contributed by atoms with Crippen molar-refractivity contribution in [2.45, 2.75) is 53.4 Å². The maximum absolute atomic E-state index is 12.3. The first-order valence-electron chi connectivity index (χ1n) is 11.5. The molecule has 32 heavy (non-hydrogen) atoms. The standard InChI is InChI=1S/C26H36N4O2/c1-17-8-10-23(19(3)12-17)29-25(31)27-15-21-6-5-7-22(14-21)16-28-26(32)30-24-11-9-18(2)13-20(24)4/h8-13,21-22H,5-7,14-16H2,1-4H3,(H2,27,29,31)(H2,28,30,32)/t21-,22-/m1/s1. The van der Waals surface area contributed by atoms with Crippen LogP contribution in [-0.4, -0.2) is 25.2 Å². The van der Waals surface area contributed by atoms with Crippen LogP contribution in [0.4, 0.5) is 21.0 Å². The molecule has 0 unspecified atom stereocenters. The number of hydrogen-bond acceptors (Lipinski definition) is 2. The number of hydrogen-bond donors (Lipinski definition) is 4. The predicted molar refractivity (Wildman–Crippen MR) is 131 cm³/mol. The minimum absolute atomic E-state index is 0.162. The van der Waals surface area contributed by atoms with Gasteiger partial charge in [0.25, 0.3) is 0 Å². The van der Waals surface area contributed by atoms with Gasteiger partial charge < -0.3 is 21.3 Å². The summed E-state index contributed by atoms with van der Waals surface area (Å²) in [6, 6.07) is 11.7. The molecule has 0 radical (unpaired) electrons. The smallest absolute Gasteiger partial charge is 0.319 e. The molecule has 0 bridgehead atoms. The molecule has 6 nitrogen and oxygen atoms in total. The third-order valence-electron chi connectivity index (χ3n) is 6.25. The Labute approximate surface area is 191 Å². The lowest BCUT2D eigenvalue weighted by atomic mass is 9.81. The van der Waals surface area contributed by atoms with E-state index in [1.165, 1.54) is 11.1 Å². The average molecular weight is 437 g/mol. The fourth-order valence-electron chi connectivity index (χ4n) is 4.49. The number of aryl methyl sites for hydroxylation is 4. The second kappa shape index (κ2) is 11.0. The third kappa shape index (κ3) is 7.01. The van der Waals surface area contributed by atoms with Gasteiger partial charge in [0.2, 0.25) is 0 Å². The lowest BCUT2D eigenvalue weighted by molar-refractivity contribution is 0.230. The quantitative estimate of drug-likeness (QED) is 0.470. The molecule has 1 aliphatic carbocycles. The molecule has 6 heteroatoms. The number of benzene rings is 2. The first-order chi connectivity index (χ1) is 15.3. The van der Waals surface area contributed by atoms with E-state index in [-0.39, 0.29) is 12.1 Å². The topological polar surface area (TPSA) is 82.3 Å². The molecule has 2 aromatic rings. The Kier molecular flexibility index (Phi) is 8.14. The molecule has 0 aliphatic heterocycles. The molecule has 172 valence electrons. The predicted octanol–water partition coefficient (Wildman–Crippen LogP) is 5.67. The van der Waals surface area contributed by atoms with Crippen molar-refractivity contribution < 1.29 is 9.59 Å². The van der Waals surface area contributed by atoms with Crippen LogP contribution in [0, 0.1) is 39.5 Å².